The Bertz CT molecular complexity index is 277. The lowest BCUT2D eigenvalue weighted by Crippen LogP contribution is -2.20. The molecule has 1 saturated carbocycles. The molecule has 1 aliphatic carbocycles. The van der Waals surface area contributed by atoms with E-state index in [9.17, 15) is 4.39 Å². The number of hydrogen-bond acceptors (Lipinski definition) is 2. The van der Waals surface area contributed by atoms with E-state index in [1.165, 1.54) is 12.3 Å². The maximum atomic E-state index is 12.5. The van der Waals surface area contributed by atoms with Crippen LogP contribution < -0.4 is 5.73 Å². The number of halogens is 1. The number of aromatic nitrogens is 1. The summed E-state index contributed by atoms with van der Waals surface area (Å²) in [7, 11) is 0. The van der Waals surface area contributed by atoms with Gasteiger partial charge in [-0.1, -0.05) is 0 Å². The van der Waals surface area contributed by atoms with Crippen LogP contribution in [-0.4, -0.2) is 11.5 Å². The van der Waals surface area contributed by atoms with E-state index in [0.29, 0.717) is 6.54 Å². The molecule has 1 aromatic heterocycles. The maximum Gasteiger partial charge on any atom is 0.141 e. The lowest BCUT2D eigenvalue weighted by molar-refractivity contribution is 0.609. The molecular formula is C9H11FN2. The SMILES string of the molecule is NCC1(c2ccc(F)cn2)CC1. The van der Waals surface area contributed by atoms with E-state index in [2.05, 4.69) is 4.98 Å². The molecule has 0 amide bonds. The average Bonchev–Trinajstić information content (AvgIpc) is 2.86. The Labute approximate surface area is 70.6 Å². The molecule has 2 N–H and O–H groups in total. The molecule has 64 valence electrons. The molecular weight excluding hydrogens is 155 g/mol. The summed E-state index contributed by atoms with van der Waals surface area (Å²) in [4.78, 5) is 4.03. The van der Waals surface area contributed by atoms with E-state index in [4.69, 9.17) is 5.73 Å². The van der Waals surface area contributed by atoms with E-state index in [-0.39, 0.29) is 11.2 Å². The zero-order valence-electron chi connectivity index (χ0n) is 6.76. The van der Waals surface area contributed by atoms with Gasteiger partial charge < -0.3 is 5.73 Å². The predicted octanol–water partition coefficient (Wildman–Crippen LogP) is 1.21. The van der Waals surface area contributed by atoms with E-state index in [0.717, 1.165) is 18.5 Å². The minimum atomic E-state index is -0.286. The molecule has 0 saturated heterocycles. The van der Waals surface area contributed by atoms with Gasteiger partial charge >= 0.3 is 0 Å². The van der Waals surface area contributed by atoms with Gasteiger partial charge in [-0.15, -0.1) is 0 Å². The van der Waals surface area contributed by atoms with Crippen LogP contribution in [0.5, 0.6) is 0 Å². The zero-order valence-corrected chi connectivity index (χ0v) is 6.76. The Morgan fingerprint density at radius 2 is 2.25 bits per heavy atom. The van der Waals surface area contributed by atoms with Crippen molar-refractivity contribution in [2.75, 3.05) is 6.54 Å². The van der Waals surface area contributed by atoms with Gasteiger partial charge in [0.15, 0.2) is 0 Å². The minimum absolute atomic E-state index is 0.0771. The summed E-state index contributed by atoms with van der Waals surface area (Å²) < 4.78 is 12.5. The van der Waals surface area contributed by atoms with Crippen LogP contribution in [0.25, 0.3) is 0 Å². The van der Waals surface area contributed by atoms with Crippen molar-refractivity contribution in [3.8, 4) is 0 Å². The van der Waals surface area contributed by atoms with Crippen LogP contribution in [-0.2, 0) is 5.41 Å². The summed E-state index contributed by atoms with van der Waals surface area (Å²) in [6.45, 7) is 0.617. The summed E-state index contributed by atoms with van der Waals surface area (Å²) in [6, 6.07) is 3.17. The molecule has 0 aliphatic heterocycles. The number of nitrogens with zero attached hydrogens (tertiary/aromatic N) is 1. The van der Waals surface area contributed by atoms with Gasteiger partial charge in [0.2, 0.25) is 0 Å². The summed E-state index contributed by atoms with van der Waals surface area (Å²) >= 11 is 0. The summed E-state index contributed by atoms with van der Waals surface area (Å²) in [5.74, 6) is -0.286. The van der Waals surface area contributed by atoms with Crippen LogP contribution in [0.1, 0.15) is 18.5 Å². The second kappa shape index (κ2) is 2.52. The van der Waals surface area contributed by atoms with Crippen molar-refractivity contribution < 1.29 is 4.39 Å². The molecule has 0 bridgehead atoms. The highest BCUT2D eigenvalue weighted by Gasteiger charge is 2.44. The first-order valence-corrected chi connectivity index (χ1v) is 4.09. The van der Waals surface area contributed by atoms with Gasteiger partial charge in [0, 0.05) is 17.7 Å². The highest BCUT2D eigenvalue weighted by atomic mass is 19.1. The predicted molar refractivity (Wildman–Crippen MR) is 44.2 cm³/mol. The summed E-state index contributed by atoms with van der Waals surface area (Å²) in [5.41, 5.74) is 6.62. The van der Waals surface area contributed by atoms with Crippen molar-refractivity contribution in [2.24, 2.45) is 5.73 Å². The molecule has 0 spiro atoms. The van der Waals surface area contributed by atoms with Gasteiger partial charge in [-0.3, -0.25) is 4.98 Å². The standard InChI is InChI=1S/C9H11FN2/c10-7-1-2-8(12-5-7)9(6-11)3-4-9/h1-2,5H,3-4,6,11H2. The quantitative estimate of drug-likeness (QED) is 0.717. The summed E-state index contributed by atoms with van der Waals surface area (Å²) in [6.07, 6.45) is 3.43. The molecule has 1 aliphatic rings. The molecule has 0 aromatic carbocycles. The van der Waals surface area contributed by atoms with Gasteiger partial charge in [0.1, 0.15) is 5.82 Å². The van der Waals surface area contributed by atoms with E-state index < -0.39 is 0 Å². The van der Waals surface area contributed by atoms with Crippen molar-refractivity contribution >= 4 is 0 Å². The largest absolute Gasteiger partial charge is 0.330 e. The van der Waals surface area contributed by atoms with Gasteiger partial charge in [-0.25, -0.2) is 4.39 Å². The first-order chi connectivity index (χ1) is 5.77. The van der Waals surface area contributed by atoms with Crippen molar-refractivity contribution in [3.63, 3.8) is 0 Å². The molecule has 3 heteroatoms. The zero-order chi connectivity index (χ0) is 8.60. The van der Waals surface area contributed by atoms with Crippen molar-refractivity contribution in [1.82, 2.24) is 4.98 Å². The smallest absolute Gasteiger partial charge is 0.141 e. The van der Waals surface area contributed by atoms with E-state index >= 15 is 0 Å². The third kappa shape index (κ3) is 1.10. The second-order valence-corrected chi connectivity index (χ2v) is 3.35. The number of rotatable bonds is 2. The molecule has 0 unspecified atom stereocenters. The lowest BCUT2D eigenvalue weighted by atomic mass is 10.0. The Kier molecular flexibility index (Phi) is 1.61. The molecule has 12 heavy (non-hydrogen) atoms. The fourth-order valence-corrected chi connectivity index (χ4v) is 1.41. The molecule has 1 fully saturated rings. The highest BCUT2D eigenvalue weighted by molar-refractivity contribution is 5.25. The molecule has 2 nitrogen and oxygen atoms in total. The van der Waals surface area contributed by atoms with Crippen molar-refractivity contribution in [1.29, 1.82) is 0 Å². The fraction of sp³-hybridized carbons (Fsp3) is 0.444. The fourth-order valence-electron chi connectivity index (χ4n) is 1.41. The van der Waals surface area contributed by atoms with Crippen LogP contribution in [0.4, 0.5) is 4.39 Å². The third-order valence-corrected chi connectivity index (χ3v) is 2.52. The van der Waals surface area contributed by atoms with Crippen LogP contribution in [0.3, 0.4) is 0 Å². The Morgan fingerprint density at radius 3 is 2.67 bits per heavy atom. The second-order valence-electron chi connectivity index (χ2n) is 3.35. The normalized spacial score (nSPS) is 19.2. The van der Waals surface area contributed by atoms with Gasteiger partial charge in [0.25, 0.3) is 0 Å². The first-order valence-electron chi connectivity index (χ1n) is 4.09. The number of pyridine rings is 1. The van der Waals surface area contributed by atoms with Crippen LogP contribution in [0, 0.1) is 5.82 Å². The van der Waals surface area contributed by atoms with E-state index in [1.807, 2.05) is 0 Å². The molecule has 2 rings (SSSR count). The monoisotopic (exact) mass is 166 g/mol. The third-order valence-electron chi connectivity index (χ3n) is 2.52. The Balaban J connectivity index is 2.29. The number of hydrogen-bond donors (Lipinski definition) is 1. The van der Waals surface area contributed by atoms with Crippen molar-refractivity contribution in [2.45, 2.75) is 18.3 Å². The molecule has 0 radical (unpaired) electrons. The molecule has 1 heterocycles. The number of nitrogens with two attached hydrogens (primary N) is 1. The van der Waals surface area contributed by atoms with Gasteiger partial charge in [-0.05, 0) is 25.0 Å². The lowest BCUT2D eigenvalue weighted by Gasteiger charge is -2.10. The minimum Gasteiger partial charge on any atom is -0.330 e. The van der Waals surface area contributed by atoms with Crippen LogP contribution in [0.15, 0.2) is 18.3 Å². The van der Waals surface area contributed by atoms with Gasteiger partial charge in [-0.2, -0.15) is 0 Å². The topological polar surface area (TPSA) is 38.9 Å². The van der Waals surface area contributed by atoms with Crippen LogP contribution >= 0.6 is 0 Å². The Morgan fingerprint density at radius 1 is 1.50 bits per heavy atom. The Hall–Kier alpha value is -0.960. The first kappa shape index (κ1) is 7.68. The van der Waals surface area contributed by atoms with Crippen molar-refractivity contribution in [3.05, 3.63) is 29.8 Å². The summed E-state index contributed by atoms with van der Waals surface area (Å²) in [5, 5.41) is 0. The average molecular weight is 166 g/mol. The maximum absolute atomic E-state index is 12.5. The van der Waals surface area contributed by atoms with Gasteiger partial charge in [0.05, 0.1) is 6.20 Å². The van der Waals surface area contributed by atoms with E-state index in [1.54, 1.807) is 6.07 Å². The molecule has 1 aromatic rings. The highest BCUT2D eigenvalue weighted by Crippen LogP contribution is 2.46. The van der Waals surface area contributed by atoms with Crippen LogP contribution in [0.2, 0.25) is 0 Å². The molecule has 0 atom stereocenters.